The Bertz CT molecular complexity index is 636. The lowest BCUT2D eigenvalue weighted by Crippen LogP contribution is -2.19. The van der Waals surface area contributed by atoms with Gasteiger partial charge in [-0.05, 0) is 35.4 Å². The summed E-state index contributed by atoms with van der Waals surface area (Å²) in [7, 11) is 0. The first-order chi connectivity index (χ1) is 9.36. The van der Waals surface area contributed by atoms with E-state index in [1.165, 1.54) is 0 Å². The van der Waals surface area contributed by atoms with E-state index in [4.69, 9.17) is 11.5 Å². The number of phenolic OH excluding ortho intramolecular Hbond substituents is 2. The summed E-state index contributed by atoms with van der Waals surface area (Å²) in [6, 6.07) is 10.6. The minimum absolute atomic E-state index is 0.0814. The molecule has 20 heavy (non-hydrogen) atoms. The van der Waals surface area contributed by atoms with E-state index in [0.29, 0.717) is 11.3 Å². The maximum absolute atomic E-state index is 9.72. The van der Waals surface area contributed by atoms with Gasteiger partial charge in [0.15, 0.2) is 0 Å². The molecule has 0 heterocycles. The molecule has 0 aromatic heterocycles. The fourth-order valence-electron chi connectivity index (χ4n) is 2.25. The van der Waals surface area contributed by atoms with Gasteiger partial charge in [-0.2, -0.15) is 0 Å². The predicted octanol–water partition coefficient (Wildman–Crippen LogP) is 2.46. The van der Waals surface area contributed by atoms with Crippen molar-refractivity contribution in [3.63, 3.8) is 0 Å². The van der Waals surface area contributed by atoms with Crippen molar-refractivity contribution >= 4 is 5.69 Å². The van der Waals surface area contributed by atoms with Crippen LogP contribution in [0.1, 0.15) is 30.5 Å². The number of nitrogens with two attached hydrogens (primary N) is 2. The van der Waals surface area contributed by atoms with E-state index >= 15 is 0 Å². The van der Waals surface area contributed by atoms with Gasteiger partial charge in [0.05, 0.1) is 5.69 Å². The van der Waals surface area contributed by atoms with Crippen molar-refractivity contribution in [1.29, 1.82) is 0 Å². The van der Waals surface area contributed by atoms with Crippen LogP contribution in [0.4, 0.5) is 5.69 Å². The second-order valence-electron chi connectivity index (χ2n) is 5.45. The van der Waals surface area contributed by atoms with Gasteiger partial charge in [0, 0.05) is 17.5 Å². The zero-order chi connectivity index (χ0) is 14.9. The van der Waals surface area contributed by atoms with Crippen LogP contribution in [0, 0.1) is 0 Å². The SMILES string of the molecule is CC(C)(c1ccc(O)c(N)c1)c1ccc(O)c(CN)c1. The van der Waals surface area contributed by atoms with Gasteiger partial charge in [0.25, 0.3) is 0 Å². The lowest BCUT2D eigenvalue weighted by Gasteiger charge is -2.27. The van der Waals surface area contributed by atoms with Crippen LogP contribution < -0.4 is 11.5 Å². The normalized spacial score (nSPS) is 11.6. The second-order valence-corrected chi connectivity index (χ2v) is 5.45. The van der Waals surface area contributed by atoms with Crippen LogP contribution in [0.2, 0.25) is 0 Å². The van der Waals surface area contributed by atoms with E-state index in [2.05, 4.69) is 13.8 Å². The van der Waals surface area contributed by atoms with Crippen molar-refractivity contribution < 1.29 is 10.2 Å². The Morgan fingerprint density at radius 2 is 1.50 bits per heavy atom. The average molecular weight is 272 g/mol. The van der Waals surface area contributed by atoms with Crippen LogP contribution in [0.5, 0.6) is 11.5 Å². The number of nitrogen functional groups attached to an aromatic ring is 1. The van der Waals surface area contributed by atoms with E-state index in [1.54, 1.807) is 18.2 Å². The molecule has 0 atom stereocenters. The molecule has 4 nitrogen and oxygen atoms in total. The molecule has 0 fully saturated rings. The zero-order valence-corrected chi connectivity index (χ0v) is 11.7. The highest BCUT2D eigenvalue weighted by Crippen LogP contribution is 2.36. The summed E-state index contributed by atoms with van der Waals surface area (Å²) in [4.78, 5) is 0. The number of hydrogen-bond donors (Lipinski definition) is 4. The third-order valence-electron chi connectivity index (χ3n) is 3.77. The minimum Gasteiger partial charge on any atom is -0.508 e. The lowest BCUT2D eigenvalue weighted by molar-refractivity contribution is 0.467. The molecule has 2 aromatic rings. The highest BCUT2D eigenvalue weighted by Gasteiger charge is 2.24. The molecule has 0 aliphatic heterocycles. The van der Waals surface area contributed by atoms with E-state index in [1.807, 2.05) is 18.2 Å². The molecule has 2 aromatic carbocycles. The Kier molecular flexibility index (Phi) is 3.59. The summed E-state index contributed by atoms with van der Waals surface area (Å²) in [5.74, 6) is 0.287. The van der Waals surface area contributed by atoms with Gasteiger partial charge in [-0.25, -0.2) is 0 Å². The van der Waals surface area contributed by atoms with Crippen LogP contribution in [0.25, 0.3) is 0 Å². The molecule has 106 valence electrons. The van der Waals surface area contributed by atoms with Crippen LogP contribution in [0.15, 0.2) is 36.4 Å². The molecular formula is C16H20N2O2. The van der Waals surface area contributed by atoms with Crippen molar-refractivity contribution in [2.75, 3.05) is 5.73 Å². The van der Waals surface area contributed by atoms with Gasteiger partial charge in [0.2, 0.25) is 0 Å². The van der Waals surface area contributed by atoms with Gasteiger partial charge in [-0.1, -0.05) is 26.0 Å². The Labute approximate surface area is 118 Å². The lowest BCUT2D eigenvalue weighted by atomic mass is 9.77. The van der Waals surface area contributed by atoms with Gasteiger partial charge in [-0.3, -0.25) is 0 Å². The summed E-state index contributed by atoms with van der Waals surface area (Å²) in [5.41, 5.74) is 14.2. The van der Waals surface area contributed by atoms with Gasteiger partial charge in [-0.15, -0.1) is 0 Å². The number of benzene rings is 2. The topological polar surface area (TPSA) is 92.5 Å². The summed E-state index contributed by atoms with van der Waals surface area (Å²) in [5, 5.41) is 19.2. The molecular weight excluding hydrogens is 252 g/mol. The highest BCUT2D eigenvalue weighted by atomic mass is 16.3. The number of rotatable bonds is 3. The molecule has 0 aliphatic rings. The number of hydrogen-bond acceptors (Lipinski definition) is 4. The fourth-order valence-corrected chi connectivity index (χ4v) is 2.25. The molecule has 0 saturated heterocycles. The molecule has 0 radical (unpaired) electrons. The van der Waals surface area contributed by atoms with Crippen LogP contribution in [-0.2, 0) is 12.0 Å². The Morgan fingerprint density at radius 1 is 0.950 bits per heavy atom. The van der Waals surface area contributed by atoms with Crippen LogP contribution in [-0.4, -0.2) is 10.2 Å². The Morgan fingerprint density at radius 3 is 2.05 bits per heavy atom. The van der Waals surface area contributed by atoms with Crippen molar-refractivity contribution in [2.45, 2.75) is 25.8 Å². The monoisotopic (exact) mass is 272 g/mol. The summed E-state index contributed by atoms with van der Waals surface area (Å²) >= 11 is 0. The third kappa shape index (κ3) is 2.42. The standard InChI is InChI=1S/C16H20N2O2/c1-16(2,12-4-6-15(20)13(18)8-12)11-3-5-14(19)10(7-11)9-17/h3-8,19-20H,9,17-18H2,1-2H3. The third-order valence-corrected chi connectivity index (χ3v) is 3.77. The minimum atomic E-state index is -0.306. The molecule has 0 spiro atoms. The van der Waals surface area contributed by atoms with E-state index in [-0.39, 0.29) is 23.5 Å². The first kappa shape index (κ1) is 14.2. The Balaban J connectivity index is 2.50. The van der Waals surface area contributed by atoms with Crippen molar-refractivity contribution in [3.05, 3.63) is 53.1 Å². The van der Waals surface area contributed by atoms with Gasteiger partial charge in [0.1, 0.15) is 11.5 Å². The van der Waals surface area contributed by atoms with Crippen LogP contribution in [0.3, 0.4) is 0 Å². The maximum Gasteiger partial charge on any atom is 0.138 e. The number of aromatic hydroxyl groups is 2. The quantitative estimate of drug-likeness (QED) is 0.510. The summed E-state index contributed by atoms with van der Waals surface area (Å²) in [6.45, 7) is 4.41. The molecule has 6 N–H and O–H groups in total. The average Bonchev–Trinajstić information content (AvgIpc) is 2.42. The second kappa shape index (κ2) is 5.06. The highest BCUT2D eigenvalue weighted by molar-refractivity contribution is 5.56. The Hall–Kier alpha value is -2.20. The van der Waals surface area contributed by atoms with Crippen molar-refractivity contribution in [2.24, 2.45) is 5.73 Å². The molecule has 0 bridgehead atoms. The first-order valence-electron chi connectivity index (χ1n) is 6.47. The fraction of sp³-hybridized carbons (Fsp3) is 0.250. The van der Waals surface area contributed by atoms with Crippen molar-refractivity contribution in [3.8, 4) is 11.5 Å². The molecule has 0 amide bonds. The first-order valence-corrected chi connectivity index (χ1v) is 6.47. The van der Waals surface area contributed by atoms with Gasteiger partial charge < -0.3 is 21.7 Å². The molecule has 2 rings (SSSR count). The molecule has 0 unspecified atom stereocenters. The maximum atomic E-state index is 9.72. The van der Waals surface area contributed by atoms with Crippen molar-refractivity contribution in [1.82, 2.24) is 0 Å². The van der Waals surface area contributed by atoms with Gasteiger partial charge >= 0.3 is 0 Å². The summed E-state index contributed by atoms with van der Waals surface area (Å²) in [6.07, 6.45) is 0. The molecule has 4 heteroatoms. The van der Waals surface area contributed by atoms with E-state index < -0.39 is 0 Å². The largest absolute Gasteiger partial charge is 0.508 e. The molecule has 0 aliphatic carbocycles. The smallest absolute Gasteiger partial charge is 0.138 e. The number of anilines is 1. The van der Waals surface area contributed by atoms with Crippen LogP contribution >= 0.6 is 0 Å². The zero-order valence-electron chi connectivity index (χ0n) is 11.7. The predicted molar refractivity (Wildman–Crippen MR) is 80.6 cm³/mol. The van der Waals surface area contributed by atoms with E-state index in [9.17, 15) is 10.2 Å². The molecule has 0 saturated carbocycles. The number of phenols is 2. The van der Waals surface area contributed by atoms with E-state index in [0.717, 1.165) is 11.1 Å². The summed E-state index contributed by atoms with van der Waals surface area (Å²) < 4.78 is 0.